The molecule has 0 spiro atoms. The summed E-state index contributed by atoms with van der Waals surface area (Å²) in [5.41, 5.74) is 3.90. The zero-order valence-corrected chi connectivity index (χ0v) is 16.9. The van der Waals surface area contributed by atoms with Gasteiger partial charge >= 0.3 is 0 Å². The molecule has 28 heavy (non-hydrogen) atoms. The molecule has 1 saturated heterocycles. The van der Waals surface area contributed by atoms with Crippen molar-refractivity contribution in [3.63, 3.8) is 0 Å². The number of methoxy groups -OCH3 is 1. The molecular weight excluding hydrogens is 352 g/mol. The van der Waals surface area contributed by atoms with E-state index in [1.54, 1.807) is 7.11 Å². The van der Waals surface area contributed by atoms with Gasteiger partial charge in [-0.2, -0.15) is 0 Å². The summed E-state index contributed by atoms with van der Waals surface area (Å²) in [6.45, 7) is 9.74. The molecule has 2 heterocycles. The van der Waals surface area contributed by atoms with Crippen LogP contribution in [0.4, 0.5) is 0 Å². The van der Waals surface area contributed by atoms with Gasteiger partial charge in [0.1, 0.15) is 5.75 Å². The summed E-state index contributed by atoms with van der Waals surface area (Å²) in [7, 11) is 1.72. The second kappa shape index (κ2) is 8.84. The first-order valence-corrected chi connectivity index (χ1v) is 10.2. The molecule has 0 aliphatic carbocycles. The van der Waals surface area contributed by atoms with E-state index < -0.39 is 0 Å². The van der Waals surface area contributed by atoms with Gasteiger partial charge in [0, 0.05) is 57.3 Å². The number of aryl methyl sites for hydroxylation is 1. The van der Waals surface area contributed by atoms with Gasteiger partial charge in [0.15, 0.2) is 11.5 Å². The molecule has 2 aliphatic heterocycles. The molecule has 1 fully saturated rings. The monoisotopic (exact) mass is 382 g/mol. The highest BCUT2D eigenvalue weighted by Gasteiger charge is 2.21. The van der Waals surface area contributed by atoms with E-state index in [2.05, 4.69) is 47.1 Å². The van der Waals surface area contributed by atoms with Crippen LogP contribution in [0.3, 0.4) is 0 Å². The minimum Gasteiger partial charge on any atom is -0.496 e. The quantitative estimate of drug-likeness (QED) is 0.791. The van der Waals surface area contributed by atoms with Crippen LogP contribution in [0, 0.1) is 6.92 Å². The van der Waals surface area contributed by atoms with Crippen LogP contribution in [-0.2, 0) is 13.1 Å². The summed E-state index contributed by atoms with van der Waals surface area (Å²) < 4.78 is 17.3. The zero-order chi connectivity index (χ0) is 19.3. The van der Waals surface area contributed by atoms with Crippen LogP contribution in [0.5, 0.6) is 17.2 Å². The van der Waals surface area contributed by atoms with E-state index in [9.17, 15) is 0 Å². The summed E-state index contributed by atoms with van der Waals surface area (Å²) in [6.07, 6.45) is 0.912. The number of fused-ring (bicyclic) bond motifs is 1. The lowest BCUT2D eigenvalue weighted by atomic mass is 10.1. The van der Waals surface area contributed by atoms with Gasteiger partial charge in [0.05, 0.1) is 20.3 Å². The molecule has 0 amide bonds. The Balaban J connectivity index is 1.37. The third kappa shape index (κ3) is 4.59. The van der Waals surface area contributed by atoms with Crippen molar-refractivity contribution < 1.29 is 14.2 Å². The highest BCUT2D eigenvalue weighted by atomic mass is 16.5. The van der Waals surface area contributed by atoms with Crippen LogP contribution in [0.25, 0.3) is 0 Å². The average molecular weight is 383 g/mol. The number of ether oxygens (including phenoxy) is 3. The van der Waals surface area contributed by atoms with Gasteiger partial charge in [0.2, 0.25) is 0 Å². The van der Waals surface area contributed by atoms with E-state index in [1.165, 1.54) is 16.7 Å². The van der Waals surface area contributed by atoms with Gasteiger partial charge in [-0.25, -0.2) is 0 Å². The average Bonchev–Trinajstić information content (AvgIpc) is 2.94. The Morgan fingerprint density at radius 1 is 0.893 bits per heavy atom. The predicted octanol–water partition coefficient (Wildman–Crippen LogP) is 3.48. The summed E-state index contributed by atoms with van der Waals surface area (Å²) in [5, 5.41) is 0. The zero-order valence-electron chi connectivity index (χ0n) is 16.9. The van der Waals surface area contributed by atoms with Crippen LogP contribution in [0.1, 0.15) is 23.1 Å². The molecule has 0 unspecified atom stereocenters. The van der Waals surface area contributed by atoms with E-state index in [0.717, 1.165) is 62.9 Å². The molecule has 2 aliphatic rings. The van der Waals surface area contributed by atoms with E-state index in [0.29, 0.717) is 13.2 Å². The molecule has 0 radical (unpaired) electrons. The van der Waals surface area contributed by atoms with Gasteiger partial charge in [-0.05, 0) is 18.6 Å². The number of nitrogens with zero attached hydrogens (tertiary/aromatic N) is 2. The standard InChI is InChI=1S/C23H30N2O3/c1-18-5-3-6-19(13-18)16-24-7-9-25(10-8-24)17-20-14-22-23(15-21(20)26-2)28-12-4-11-27-22/h3,5-6,13-15H,4,7-12,16-17H2,1-2H3. The van der Waals surface area contributed by atoms with Crippen molar-refractivity contribution >= 4 is 0 Å². The van der Waals surface area contributed by atoms with Gasteiger partial charge in [-0.1, -0.05) is 29.8 Å². The van der Waals surface area contributed by atoms with E-state index >= 15 is 0 Å². The van der Waals surface area contributed by atoms with Crippen molar-refractivity contribution in [1.29, 1.82) is 0 Å². The summed E-state index contributed by atoms with van der Waals surface area (Å²) in [6, 6.07) is 12.9. The normalized spacial score (nSPS) is 17.9. The van der Waals surface area contributed by atoms with E-state index in [-0.39, 0.29) is 0 Å². The summed E-state index contributed by atoms with van der Waals surface area (Å²) in [5.74, 6) is 2.51. The first kappa shape index (κ1) is 19.1. The van der Waals surface area contributed by atoms with Crippen molar-refractivity contribution in [3.05, 3.63) is 53.1 Å². The maximum absolute atomic E-state index is 5.86. The smallest absolute Gasteiger partial charge is 0.164 e. The molecule has 0 atom stereocenters. The molecule has 4 rings (SSSR count). The number of rotatable bonds is 5. The lowest BCUT2D eigenvalue weighted by Gasteiger charge is -2.35. The van der Waals surface area contributed by atoms with Crippen LogP contribution < -0.4 is 14.2 Å². The van der Waals surface area contributed by atoms with Crippen molar-refractivity contribution in [2.45, 2.75) is 26.4 Å². The van der Waals surface area contributed by atoms with Gasteiger partial charge in [-0.3, -0.25) is 9.80 Å². The minimum absolute atomic E-state index is 0.693. The highest BCUT2D eigenvalue weighted by Crippen LogP contribution is 2.37. The first-order chi connectivity index (χ1) is 13.7. The summed E-state index contributed by atoms with van der Waals surface area (Å²) in [4.78, 5) is 5.03. The SMILES string of the molecule is COc1cc2c(cc1CN1CCN(Cc3cccc(C)c3)CC1)OCCCO2. The predicted molar refractivity (Wildman–Crippen MR) is 110 cm³/mol. The second-order valence-electron chi connectivity index (χ2n) is 7.70. The Bertz CT molecular complexity index is 800. The number of piperazine rings is 1. The van der Waals surface area contributed by atoms with Crippen molar-refractivity contribution in [1.82, 2.24) is 9.80 Å². The minimum atomic E-state index is 0.693. The Hall–Kier alpha value is -2.24. The molecule has 0 bridgehead atoms. The lowest BCUT2D eigenvalue weighted by molar-refractivity contribution is 0.121. The first-order valence-electron chi connectivity index (χ1n) is 10.2. The Morgan fingerprint density at radius 2 is 1.57 bits per heavy atom. The Labute approximate surface area is 167 Å². The van der Waals surface area contributed by atoms with Gasteiger partial charge in [0.25, 0.3) is 0 Å². The van der Waals surface area contributed by atoms with E-state index in [1.807, 2.05) is 6.07 Å². The number of hydrogen-bond donors (Lipinski definition) is 0. The largest absolute Gasteiger partial charge is 0.496 e. The molecule has 2 aromatic carbocycles. The number of hydrogen-bond acceptors (Lipinski definition) is 5. The topological polar surface area (TPSA) is 34.2 Å². The van der Waals surface area contributed by atoms with Gasteiger partial charge in [-0.15, -0.1) is 0 Å². The summed E-state index contributed by atoms with van der Waals surface area (Å²) >= 11 is 0. The fraction of sp³-hybridized carbons (Fsp3) is 0.478. The molecule has 0 saturated carbocycles. The van der Waals surface area contributed by atoms with Crippen LogP contribution in [0.15, 0.2) is 36.4 Å². The highest BCUT2D eigenvalue weighted by molar-refractivity contribution is 5.51. The molecule has 2 aromatic rings. The number of benzene rings is 2. The fourth-order valence-electron chi connectivity index (χ4n) is 3.96. The van der Waals surface area contributed by atoms with Crippen LogP contribution >= 0.6 is 0 Å². The molecule has 0 aromatic heterocycles. The van der Waals surface area contributed by atoms with Crippen LogP contribution in [0.2, 0.25) is 0 Å². The van der Waals surface area contributed by atoms with E-state index in [4.69, 9.17) is 14.2 Å². The van der Waals surface area contributed by atoms with Crippen molar-refractivity contribution in [3.8, 4) is 17.2 Å². The molecule has 0 N–H and O–H groups in total. The third-order valence-electron chi connectivity index (χ3n) is 5.50. The van der Waals surface area contributed by atoms with Crippen LogP contribution in [-0.4, -0.2) is 56.3 Å². The maximum Gasteiger partial charge on any atom is 0.164 e. The maximum atomic E-state index is 5.86. The Kier molecular flexibility index (Phi) is 6.03. The molecule has 5 heteroatoms. The Morgan fingerprint density at radius 3 is 2.25 bits per heavy atom. The van der Waals surface area contributed by atoms with Gasteiger partial charge < -0.3 is 14.2 Å². The molecule has 5 nitrogen and oxygen atoms in total. The van der Waals surface area contributed by atoms with Crippen molar-refractivity contribution in [2.75, 3.05) is 46.5 Å². The second-order valence-corrected chi connectivity index (χ2v) is 7.70. The lowest BCUT2D eigenvalue weighted by Crippen LogP contribution is -2.45. The molecular formula is C23H30N2O3. The third-order valence-corrected chi connectivity index (χ3v) is 5.50. The molecule has 150 valence electrons. The van der Waals surface area contributed by atoms with Crippen molar-refractivity contribution in [2.24, 2.45) is 0 Å². The fourth-order valence-corrected chi connectivity index (χ4v) is 3.96.